The molecule has 2 fully saturated rings. The van der Waals surface area contributed by atoms with Crippen LogP contribution in [0.1, 0.15) is 44.9 Å². The Morgan fingerprint density at radius 3 is 2.64 bits per heavy atom. The Balaban J connectivity index is 1.25. The smallest absolute Gasteiger partial charge is 0.277 e. The SMILES string of the molecule is O=C(CCCn1nnc2ccccc2c1=O)N1CC[NH+](C2CCCCC2)CC1. The lowest BCUT2D eigenvalue weighted by molar-refractivity contribution is -0.930. The number of quaternary nitrogens is 1. The van der Waals surface area contributed by atoms with Crippen molar-refractivity contribution in [2.45, 2.75) is 57.5 Å². The molecular formula is C21H30N5O2+. The van der Waals surface area contributed by atoms with Crippen LogP contribution in [0.3, 0.4) is 0 Å². The summed E-state index contributed by atoms with van der Waals surface area (Å²) in [5, 5.41) is 8.68. The van der Waals surface area contributed by atoms with Gasteiger partial charge in [-0.05, 0) is 44.2 Å². The Morgan fingerprint density at radius 2 is 1.86 bits per heavy atom. The van der Waals surface area contributed by atoms with E-state index >= 15 is 0 Å². The molecule has 0 radical (unpaired) electrons. The van der Waals surface area contributed by atoms with Gasteiger partial charge in [-0.15, -0.1) is 5.10 Å². The van der Waals surface area contributed by atoms with Crippen molar-refractivity contribution in [1.82, 2.24) is 19.9 Å². The number of fused-ring (bicyclic) bond motifs is 1. The van der Waals surface area contributed by atoms with Crippen molar-refractivity contribution in [3.63, 3.8) is 0 Å². The zero-order valence-corrected chi connectivity index (χ0v) is 16.5. The molecule has 0 unspecified atom stereocenters. The second-order valence-electron chi connectivity index (χ2n) is 8.11. The first-order chi connectivity index (χ1) is 13.7. The molecule has 0 atom stereocenters. The molecule has 1 saturated heterocycles. The lowest BCUT2D eigenvalue weighted by Gasteiger charge is -2.38. The van der Waals surface area contributed by atoms with Gasteiger partial charge in [-0.3, -0.25) is 9.59 Å². The Hall–Kier alpha value is -2.28. The number of hydrogen-bond acceptors (Lipinski definition) is 4. The quantitative estimate of drug-likeness (QED) is 0.821. The number of amides is 1. The summed E-state index contributed by atoms with van der Waals surface area (Å²) in [7, 11) is 0. The van der Waals surface area contributed by atoms with Gasteiger partial charge in [0.1, 0.15) is 5.52 Å². The van der Waals surface area contributed by atoms with Crippen LogP contribution in [0.2, 0.25) is 0 Å². The highest BCUT2D eigenvalue weighted by Gasteiger charge is 2.29. The van der Waals surface area contributed by atoms with Crippen LogP contribution in [0.5, 0.6) is 0 Å². The predicted molar refractivity (Wildman–Crippen MR) is 107 cm³/mol. The number of benzene rings is 1. The third-order valence-corrected chi connectivity index (χ3v) is 6.33. The molecule has 4 rings (SSSR count). The topological polar surface area (TPSA) is 72.5 Å². The van der Waals surface area contributed by atoms with Gasteiger partial charge in [0, 0.05) is 13.0 Å². The first-order valence-electron chi connectivity index (χ1n) is 10.7. The number of aryl methyl sites for hydroxylation is 1. The Morgan fingerprint density at radius 1 is 1.11 bits per heavy atom. The van der Waals surface area contributed by atoms with Crippen LogP contribution in [0, 0.1) is 0 Å². The first-order valence-corrected chi connectivity index (χ1v) is 10.7. The molecule has 2 aliphatic rings. The van der Waals surface area contributed by atoms with Gasteiger partial charge < -0.3 is 9.80 Å². The summed E-state index contributed by atoms with van der Waals surface area (Å²) in [4.78, 5) is 28.7. The van der Waals surface area contributed by atoms with E-state index in [0.29, 0.717) is 30.3 Å². The minimum absolute atomic E-state index is 0.136. The molecule has 7 heteroatoms. The molecule has 1 aliphatic heterocycles. The number of aromatic nitrogens is 3. The summed E-state index contributed by atoms with van der Waals surface area (Å²) in [6, 6.07) is 8.03. The van der Waals surface area contributed by atoms with E-state index in [4.69, 9.17) is 0 Å². The molecule has 1 amide bonds. The molecule has 1 N–H and O–H groups in total. The fourth-order valence-corrected chi connectivity index (χ4v) is 4.67. The van der Waals surface area contributed by atoms with Crippen LogP contribution in [0.25, 0.3) is 10.9 Å². The molecule has 0 spiro atoms. The normalized spacial score (nSPS) is 19.2. The van der Waals surface area contributed by atoms with Crippen molar-refractivity contribution >= 4 is 16.8 Å². The number of hydrogen-bond donors (Lipinski definition) is 1. The van der Waals surface area contributed by atoms with Crippen molar-refractivity contribution in [2.24, 2.45) is 0 Å². The summed E-state index contributed by atoms with van der Waals surface area (Å²) in [5.74, 6) is 0.199. The second kappa shape index (κ2) is 8.82. The maximum absolute atomic E-state index is 12.6. The van der Waals surface area contributed by atoms with E-state index in [2.05, 4.69) is 10.3 Å². The maximum Gasteiger partial charge on any atom is 0.277 e. The molecule has 1 aromatic heterocycles. The zero-order valence-electron chi connectivity index (χ0n) is 16.5. The summed E-state index contributed by atoms with van der Waals surface area (Å²) >= 11 is 0. The van der Waals surface area contributed by atoms with Crippen LogP contribution in [-0.2, 0) is 11.3 Å². The molecule has 1 aromatic carbocycles. The van der Waals surface area contributed by atoms with Gasteiger partial charge in [-0.25, -0.2) is 4.68 Å². The van der Waals surface area contributed by atoms with Crippen molar-refractivity contribution in [1.29, 1.82) is 0 Å². The van der Waals surface area contributed by atoms with Crippen molar-refractivity contribution < 1.29 is 9.69 Å². The van der Waals surface area contributed by atoms with Gasteiger partial charge in [-0.2, -0.15) is 0 Å². The Kier molecular flexibility index (Phi) is 6.00. The van der Waals surface area contributed by atoms with E-state index in [0.717, 1.165) is 32.2 Å². The molecule has 2 heterocycles. The van der Waals surface area contributed by atoms with Crippen molar-refractivity contribution in [3.05, 3.63) is 34.6 Å². The molecular weight excluding hydrogens is 354 g/mol. The molecule has 150 valence electrons. The third kappa shape index (κ3) is 4.24. The monoisotopic (exact) mass is 384 g/mol. The van der Waals surface area contributed by atoms with E-state index in [1.54, 1.807) is 17.0 Å². The largest absolute Gasteiger partial charge is 0.331 e. The maximum atomic E-state index is 12.6. The van der Waals surface area contributed by atoms with Gasteiger partial charge in [0.25, 0.3) is 5.56 Å². The lowest BCUT2D eigenvalue weighted by Crippen LogP contribution is -3.18. The van der Waals surface area contributed by atoms with E-state index in [1.165, 1.54) is 36.8 Å². The van der Waals surface area contributed by atoms with Crippen LogP contribution in [-0.4, -0.2) is 58.0 Å². The van der Waals surface area contributed by atoms with Crippen LogP contribution >= 0.6 is 0 Å². The predicted octanol–water partition coefficient (Wildman–Crippen LogP) is 0.632. The number of nitrogens with zero attached hydrogens (tertiary/aromatic N) is 4. The minimum Gasteiger partial charge on any atom is -0.331 e. The highest BCUT2D eigenvalue weighted by molar-refractivity contribution is 5.77. The van der Waals surface area contributed by atoms with E-state index < -0.39 is 0 Å². The standard InChI is InChI=1S/C21H29N5O2/c27-20(25-15-13-24(14-16-25)17-7-2-1-3-8-17)11-6-12-26-21(28)18-9-4-5-10-19(18)22-23-26/h4-5,9-10,17H,1-3,6-8,11-16H2/p+1. The molecule has 0 bridgehead atoms. The van der Waals surface area contributed by atoms with Crippen molar-refractivity contribution in [2.75, 3.05) is 26.2 Å². The fourth-order valence-electron chi connectivity index (χ4n) is 4.67. The van der Waals surface area contributed by atoms with Crippen LogP contribution < -0.4 is 10.5 Å². The van der Waals surface area contributed by atoms with E-state index in [1.807, 2.05) is 17.0 Å². The average molecular weight is 385 g/mol. The Labute approximate surface area is 165 Å². The molecule has 7 nitrogen and oxygen atoms in total. The highest BCUT2D eigenvalue weighted by Crippen LogP contribution is 2.15. The average Bonchev–Trinajstić information content (AvgIpc) is 2.76. The number of rotatable bonds is 5. The van der Waals surface area contributed by atoms with Crippen LogP contribution in [0.4, 0.5) is 0 Å². The summed E-state index contributed by atoms with van der Waals surface area (Å²) in [6.45, 7) is 4.30. The molecule has 1 aliphatic carbocycles. The summed E-state index contributed by atoms with van der Waals surface area (Å²) in [6.07, 6.45) is 7.90. The third-order valence-electron chi connectivity index (χ3n) is 6.33. The summed E-state index contributed by atoms with van der Waals surface area (Å²) in [5.41, 5.74) is 0.473. The van der Waals surface area contributed by atoms with Crippen LogP contribution in [0.15, 0.2) is 29.1 Å². The van der Waals surface area contributed by atoms with Gasteiger partial charge in [0.15, 0.2) is 0 Å². The van der Waals surface area contributed by atoms with E-state index in [9.17, 15) is 9.59 Å². The lowest BCUT2D eigenvalue weighted by atomic mass is 9.94. The van der Waals surface area contributed by atoms with Gasteiger partial charge >= 0.3 is 0 Å². The van der Waals surface area contributed by atoms with Crippen molar-refractivity contribution in [3.8, 4) is 0 Å². The summed E-state index contributed by atoms with van der Waals surface area (Å²) < 4.78 is 1.38. The zero-order chi connectivity index (χ0) is 19.3. The van der Waals surface area contributed by atoms with Gasteiger partial charge in [0.05, 0.1) is 37.6 Å². The molecule has 28 heavy (non-hydrogen) atoms. The fraction of sp³-hybridized carbons (Fsp3) is 0.619. The van der Waals surface area contributed by atoms with Gasteiger partial charge in [0.2, 0.25) is 5.91 Å². The van der Waals surface area contributed by atoms with Gasteiger partial charge in [-0.1, -0.05) is 23.8 Å². The van der Waals surface area contributed by atoms with E-state index in [-0.39, 0.29) is 11.5 Å². The molecule has 1 saturated carbocycles. The first kappa shape index (κ1) is 19.1. The second-order valence-corrected chi connectivity index (χ2v) is 8.11. The number of carbonyl (C=O) groups is 1. The number of piperazine rings is 1. The minimum atomic E-state index is -0.136. The number of nitrogens with one attached hydrogen (secondary N) is 1. The Bertz CT molecular complexity index is 866. The highest BCUT2D eigenvalue weighted by atomic mass is 16.2. The number of carbonyl (C=O) groups excluding carboxylic acids is 1. The molecule has 2 aromatic rings.